The van der Waals surface area contributed by atoms with Crippen LogP contribution in [0.25, 0.3) is 0 Å². The summed E-state index contributed by atoms with van der Waals surface area (Å²) in [6.07, 6.45) is 6.18. The highest BCUT2D eigenvalue weighted by molar-refractivity contribution is 5.92. The molecule has 1 aromatic rings. The van der Waals surface area contributed by atoms with Crippen molar-refractivity contribution in [1.29, 1.82) is 0 Å². The average molecular weight is 420 g/mol. The maximum Gasteiger partial charge on any atom is 0.309 e. The molecule has 1 saturated heterocycles. The molecule has 2 heterocycles. The summed E-state index contributed by atoms with van der Waals surface area (Å²) >= 11 is 0. The number of aromatic nitrogens is 1. The molecule has 30 heavy (non-hydrogen) atoms. The largest absolute Gasteiger partial charge is 0.460 e. The highest BCUT2D eigenvalue weighted by atomic mass is 19.1. The second kappa shape index (κ2) is 10.3. The van der Waals surface area contributed by atoms with E-state index in [4.69, 9.17) is 4.74 Å². The van der Waals surface area contributed by atoms with Crippen LogP contribution in [0.3, 0.4) is 0 Å². The minimum atomic E-state index is -0.472. The van der Waals surface area contributed by atoms with Gasteiger partial charge in [0.05, 0.1) is 18.2 Å². The summed E-state index contributed by atoms with van der Waals surface area (Å²) in [5, 5.41) is 3.52. The number of pyridine rings is 1. The molecule has 2 fully saturated rings. The molecule has 3 rings (SSSR count). The Hall–Kier alpha value is -2.02. The Balaban J connectivity index is 1.75. The number of halogens is 1. The van der Waals surface area contributed by atoms with Crippen LogP contribution in [0.2, 0.25) is 0 Å². The smallest absolute Gasteiger partial charge is 0.309 e. The number of likely N-dealkylation sites (tertiary alicyclic amines) is 1. The van der Waals surface area contributed by atoms with Crippen LogP contribution in [0.5, 0.6) is 0 Å². The number of amides is 1. The number of nitrogens with one attached hydrogen (secondary N) is 1. The van der Waals surface area contributed by atoms with Gasteiger partial charge in [-0.15, -0.1) is 0 Å². The van der Waals surface area contributed by atoms with Gasteiger partial charge in [-0.25, -0.2) is 9.37 Å². The molecule has 7 heteroatoms. The fourth-order valence-corrected chi connectivity index (χ4v) is 4.18. The normalized spacial score (nSPS) is 25.5. The SMILES string of the molecule is CCCN[C@H](C)C[C@H]1CC[C@@H](OC(=O)C2CC2)[C@H](C)N(C(=O)c2ccc(F)cn2)C1. The molecular formula is C23H34FN3O3. The van der Waals surface area contributed by atoms with Gasteiger partial charge >= 0.3 is 5.97 Å². The standard InChI is InChI=1S/C23H34FN3O3/c1-4-11-25-15(2)12-17-5-10-21(30-23(29)18-6-7-18)16(3)27(14-17)22(28)20-9-8-19(24)13-26-20/h8-9,13,15-18,21,25H,4-7,10-12,14H2,1-3H3/t15-,16+,17-,21-/m1/s1. The molecule has 166 valence electrons. The summed E-state index contributed by atoms with van der Waals surface area (Å²) in [6.45, 7) is 7.79. The Labute approximate surface area is 178 Å². The molecule has 0 unspecified atom stereocenters. The van der Waals surface area contributed by atoms with E-state index >= 15 is 0 Å². The first-order valence-corrected chi connectivity index (χ1v) is 11.3. The van der Waals surface area contributed by atoms with E-state index in [1.165, 1.54) is 12.1 Å². The Morgan fingerprint density at radius 3 is 2.70 bits per heavy atom. The second-order valence-corrected chi connectivity index (χ2v) is 8.84. The first-order valence-electron chi connectivity index (χ1n) is 11.3. The third-order valence-corrected chi connectivity index (χ3v) is 6.16. The Morgan fingerprint density at radius 2 is 2.07 bits per heavy atom. The summed E-state index contributed by atoms with van der Waals surface area (Å²) in [4.78, 5) is 31.3. The molecule has 0 spiro atoms. The predicted octanol–water partition coefficient (Wildman–Crippen LogP) is 3.56. The highest BCUT2D eigenvalue weighted by Gasteiger charge is 2.39. The molecule has 0 bridgehead atoms. The van der Waals surface area contributed by atoms with Gasteiger partial charge in [0.1, 0.15) is 17.6 Å². The van der Waals surface area contributed by atoms with Gasteiger partial charge in [0.2, 0.25) is 0 Å². The minimum absolute atomic E-state index is 0.0254. The van der Waals surface area contributed by atoms with Crippen molar-refractivity contribution < 1.29 is 18.7 Å². The minimum Gasteiger partial charge on any atom is -0.460 e. The Kier molecular flexibility index (Phi) is 7.81. The number of hydrogen-bond donors (Lipinski definition) is 1. The maximum atomic E-state index is 13.3. The van der Waals surface area contributed by atoms with Gasteiger partial charge in [-0.1, -0.05) is 6.92 Å². The molecule has 1 aliphatic carbocycles. The van der Waals surface area contributed by atoms with E-state index in [2.05, 4.69) is 24.1 Å². The monoisotopic (exact) mass is 419 g/mol. The highest BCUT2D eigenvalue weighted by Crippen LogP contribution is 2.33. The van der Waals surface area contributed by atoms with E-state index in [-0.39, 0.29) is 35.6 Å². The van der Waals surface area contributed by atoms with Gasteiger partial charge < -0.3 is 15.0 Å². The maximum absolute atomic E-state index is 13.3. The summed E-state index contributed by atoms with van der Waals surface area (Å²) < 4.78 is 19.1. The fraction of sp³-hybridized carbons (Fsp3) is 0.696. The molecule has 1 saturated carbocycles. The Bertz CT molecular complexity index is 723. The number of rotatable bonds is 8. The molecule has 0 aromatic carbocycles. The van der Waals surface area contributed by atoms with E-state index in [1.807, 2.05) is 6.92 Å². The third-order valence-electron chi connectivity index (χ3n) is 6.16. The van der Waals surface area contributed by atoms with Gasteiger partial charge in [0.25, 0.3) is 5.91 Å². The molecule has 1 aliphatic heterocycles. The lowest BCUT2D eigenvalue weighted by Crippen LogP contribution is -2.47. The molecule has 1 N–H and O–H groups in total. The lowest BCUT2D eigenvalue weighted by Gasteiger charge is -2.33. The van der Waals surface area contributed by atoms with Crippen molar-refractivity contribution in [2.45, 2.75) is 77.5 Å². The van der Waals surface area contributed by atoms with Gasteiger partial charge in [-0.05, 0) is 77.0 Å². The van der Waals surface area contributed by atoms with E-state index in [1.54, 1.807) is 4.90 Å². The molecule has 1 amide bonds. The summed E-state index contributed by atoms with van der Waals surface area (Å²) in [7, 11) is 0. The van der Waals surface area contributed by atoms with Gasteiger partial charge in [0, 0.05) is 12.6 Å². The first-order chi connectivity index (χ1) is 14.4. The van der Waals surface area contributed by atoms with Crippen LogP contribution in [0, 0.1) is 17.7 Å². The Morgan fingerprint density at radius 1 is 1.30 bits per heavy atom. The van der Waals surface area contributed by atoms with Gasteiger partial charge in [0.15, 0.2) is 0 Å². The van der Waals surface area contributed by atoms with Crippen molar-refractivity contribution in [1.82, 2.24) is 15.2 Å². The van der Waals surface area contributed by atoms with E-state index in [0.717, 1.165) is 51.3 Å². The molecule has 6 nitrogen and oxygen atoms in total. The van der Waals surface area contributed by atoms with Crippen molar-refractivity contribution >= 4 is 11.9 Å². The number of carbonyl (C=O) groups excluding carboxylic acids is 2. The van der Waals surface area contributed by atoms with E-state index in [9.17, 15) is 14.0 Å². The van der Waals surface area contributed by atoms with Crippen molar-refractivity contribution in [3.8, 4) is 0 Å². The quantitative estimate of drug-likeness (QED) is 0.653. The number of carbonyl (C=O) groups is 2. The number of ether oxygens (including phenoxy) is 1. The number of nitrogens with zero attached hydrogens (tertiary/aromatic N) is 2. The van der Waals surface area contributed by atoms with Crippen LogP contribution in [0.1, 0.15) is 69.8 Å². The van der Waals surface area contributed by atoms with Crippen LogP contribution >= 0.6 is 0 Å². The van der Waals surface area contributed by atoms with E-state index < -0.39 is 5.82 Å². The van der Waals surface area contributed by atoms with Crippen molar-refractivity contribution in [3.63, 3.8) is 0 Å². The second-order valence-electron chi connectivity index (χ2n) is 8.84. The summed E-state index contributed by atoms with van der Waals surface area (Å²) in [6, 6.07) is 2.76. The fourth-order valence-electron chi connectivity index (χ4n) is 4.18. The van der Waals surface area contributed by atoms with E-state index in [0.29, 0.717) is 18.5 Å². The average Bonchev–Trinajstić information content (AvgIpc) is 3.58. The number of esters is 1. The summed E-state index contributed by atoms with van der Waals surface area (Å²) in [5.74, 6) is -0.537. The first kappa shape index (κ1) is 22.7. The van der Waals surface area contributed by atoms with Crippen LogP contribution in [0.15, 0.2) is 18.3 Å². The van der Waals surface area contributed by atoms with Crippen molar-refractivity contribution in [2.24, 2.45) is 11.8 Å². The zero-order valence-electron chi connectivity index (χ0n) is 18.3. The molecule has 1 aromatic heterocycles. The predicted molar refractivity (Wildman–Crippen MR) is 112 cm³/mol. The molecule has 2 aliphatic rings. The van der Waals surface area contributed by atoms with Crippen LogP contribution in [-0.2, 0) is 9.53 Å². The zero-order chi connectivity index (χ0) is 21.7. The number of hydrogen-bond acceptors (Lipinski definition) is 5. The van der Waals surface area contributed by atoms with Crippen LogP contribution in [0.4, 0.5) is 4.39 Å². The zero-order valence-corrected chi connectivity index (χ0v) is 18.3. The third kappa shape index (κ3) is 6.00. The molecule has 4 atom stereocenters. The van der Waals surface area contributed by atoms with Gasteiger partial charge in [-0.3, -0.25) is 9.59 Å². The van der Waals surface area contributed by atoms with Crippen molar-refractivity contribution in [3.05, 3.63) is 29.8 Å². The van der Waals surface area contributed by atoms with Crippen LogP contribution in [-0.4, -0.2) is 53.0 Å². The molecule has 0 radical (unpaired) electrons. The van der Waals surface area contributed by atoms with Gasteiger partial charge in [-0.2, -0.15) is 0 Å². The molecular weight excluding hydrogens is 385 g/mol. The lowest BCUT2D eigenvalue weighted by atomic mass is 9.95. The van der Waals surface area contributed by atoms with Crippen molar-refractivity contribution in [2.75, 3.05) is 13.1 Å². The van der Waals surface area contributed by atoms with Crippen LogP contribution < -0.4 is 5.32 Å². The lowest BCUT2D eigenvalue weighted by molar-refractivity contribution is -0.153. The topological polar surface area (TPSA) is 71.5 Å². The summed E-state index contributed by atoms with van der Waals surface area (Å²) in [5.41, 5.74) is 0.216.